The Morgan fingerprint density at radius 1 is 1.28 bits per heavy atom. The topological polar surface area (TPSA) is 115 Å². The number of pyridine rings is 1. The fraction of sp³-hybridized carbons (Fsp3) is 0.348. The zero-order valence-corrected chi connectivity index (χ0v) is 17.8. The molecule has 1 aromatic carbocycles. The van der Waals surface area contributed by atoms with Crippen LogP contribution in [0.25, 0.3) is 0 Å². The number of hydrogen-bond donors (Lipinski definition) is 4. The maximum atomic E-state index is 11.4. The predicted octanol–water partition coefficient (Wildman–Crippen LogP) is 3.52. The lowest BCUT2D eigenvalue weighted by Crippen LogP contribution is -2.33. The van der Waals surface area contributed by atoms with E-state index in [9.17, 15) is 9.90 Å². The lowest BCUT2D eigenvalue weighted by atomic mass is 10.1. The molecule has 0 bridgehead atoms. The first kappa shape index (κ1) is 21.5. The van der Waals surface area contributed by atoms with Crippen LogP contribution in [0, 0.1) is 0 Å². The Labute approximate surface area is 186 Å². The second kappa shape index (κ2) is 10.5. The largest absolute Gasteiger partial charge is 0.489 e. The second-order valence-corrected chi connectivity index (χ2v) is 7.67. The number of aromatic amines is 1. The second-order valence-electron chi connectivity index (χ2n) is 7.67. The normalized spacial score (nSPS) is 13.7. The highest BCUT2D eigenvalue weighted by molar-refractivity contribution is 5.70. The number of unbranched alkanes of at least 4 members (excludes halogenated alkanes) is 1. The zero-order chi connectivity index (χ0) is 22.2. The Bertz CT molecular complexity index is 996. The van der Waals surface area contributed by atoms with Gasteiger partial charge in [0.05, 0.1) is 24.7 Å². The Hall–Kier alpha value is -3.75. The van der Waals surface area contributed by atoms with Crippen molar-refractivity contribution in [1.82, 2.24) is 15.0 Å². The number of benzene rings is 1. The first-order chi connectivity index (χ1) is 15.7. The van der Waals surface area contributed by atoms with Crippen LogP contribution in [0.5, 0.6) is 5.75 Å². The summed E-state index contributed by atoms with van der Waals surface area (Å²) in [5.41, 5.74) is 2.72. The Balaban J connectivity index is 1.36. The first-order valence-electron chi connectivity index (χ1n) is 10.8. The van der Waals surface area contributed by atoms with Crippen LogP contribution in [-0.4, -0.2) is 52.3 Å². The number of imidazole rings is 1. The van der Waals surface area contributed by atoms with Gasteiger partial charge in [-0.1, -0.05) is 6.07 Å². The summed E-state index contributed by atoms with van der Waals surface area (Å²) in [6.07, 6.45) is 8.95. The van der Waals surface area contributed by atoms with Gasteiger partial charge in [0.25, 0.3) is 0 Å². The summed E-state index contributed by atoms with van der Waals surface area (Å²) in [6, 6.07) is 9.28. The van der Waals surface area contributed by atoms with Crippen molar-refractivity contribution < 1.29 is 14.6 Å². The SMILES string of the molecule is O=C(O)CC(Nc1ccc2c(c1)OCCN2CCCCNc1ncc[nH]1)c1cccnc1. The Morgan fingerprint density at radius 3 is 3.00 bits per heavy atom. The number of ether oxygens (including phenoxy) is 1. The van der Waals surface area contributed by atoms with Crippen molar-refractivity contribution in [2.45, 2.75) is 25.3 Å². The van der Waals surface area contributed by atoms with Gasteiger partial charge in [0.15, 0.2) is 5.95 Å². The van der Waals surface area contributed by atoms with Crippen molar-refractivity contribution in [1.29, 1.82) is 0 Å². The molecular weight excluding hydrogens is 408 g/mol. The van der Waals surface area contributed by atoms with E-state index >= 15 is 0 Å². The van der Waals surface area contributed by atoms with E-state index < -0.39 is 5.97 Å². The molecule has 1 aliphatic heterocycles. The average Bonchev–Trinajstić information content (AvgIpc) is 3.32. The molecule has 0 spiro atoms. The van der Waals surface area contributed by atoms with E-state index in [0.717, 1.165) is 61.1 Å². The number of carboxylic acid groups (broad SMARTS) is 1. The number of carboxylic acids is 1. The number of H-pyrrole nitrogens is 1. The molecule has 0 fully saturated rings. The highest BCUT2D eigenvalue weighted by Gasteiger charge is 2.20. The Kier molecular flexibility index (Phi) is 7.06. The van der Waals surface area contributed by atoms with Crippen LogP contribution in [0.3, 0.4) is 0 Å². The third-order valence-corrected chi connectivity index (χ3v) is 5.37. The van der Waals surface area contributed by atoms with Crippen molar-refractivity contribution in [2.24, 2.45) is 0 Å². The molecule has 0 aliphatic carbocycles. The molecule has 1 aliphatic rings. The van der Waals surface area contributed by atoms with E-state index in [1.807, 2.05) is 30.3 Å². The summed E-state index contributed by atoms with van der Waals surface area (Å²) in [6.45, 7) is 3.29. The molecule has 1 unspecified atom stereocenters. The maximum absolute atomic E-state index is 11.4. The number of nitrogens with one attached hydrogen (secondary N) is 3. The fourth-order valence-corrected chi connectivity index (χ4v) is 3.81. The lowest BCUT2D eigenvalue weighted by molar-refractivity contribution is -0.137. The van der Waals surface area contributed by atoms with Gasteiger partial charge in [0, 0.05) is 49.6 Å². The van der Waals surface area contributed by atoms with E-state index in [2.05, 4.69) is 30.5 Å². The smallest absolute Gasteiger partial charge is 0.305 e. The van der Waals surface area contributed by atoms with Gasteiger partial charge in [-0.2, -0.15) is 0 Å². The third-order valence-electron chi connectivity index (χ3n) is 5.37. The van der Waals surface area contributed by atoms with Crippen LogP contribution in [0.15, 0.2) is 55.1 Å². The monoisotopic (exact) mass is 436 g/mol. The van der Waals surface area contributed by atoms with Gasteiger partial charge < -0.3 is 30.4 Å². The molecule has 0 saturated heterocycles. The molecule has 0 radical (unpaired) electrons. The minimum Gasteiger partial charge on any atom is -0.489 e. The molecule has 9 heteroatoms. The van der Waals surface area contributed by atoms with Gasteiger partial charge in [-0.3, -0.25) is 9.78 Å². The number of aromatic nitrogens is 3. The van der Waals surface area contributed by atoms with Crippen LogP contribution in [0.1, 0.15) is 30.9 Å². The van der Waals surface area contributed by atoms with Crippen LogP contribution in [0.2, 0.25) is 0 Å². The quantitative estimate of drug-likeness (QED) is 0.338. The van der Waals surface area contributed by atoms with Gasteiger partial charge >= 0.3 is 5.97 Å². The van der Waals surface area contributed by atoms with E-state index in [1.165, 1.54) is 0 Å². The summed E-state index contributed by atoms with van der Waals surface area (Å²) < 4.78 is 5.90. The molecular formula is C23H28N6O3. The molecule has 0 amide bonds. The molecule has 3 aromatic rings. The minimum absolute atomic E-state index is 0.0399. The van der Waals surface area contributed by atoms with Gasteiger partial charge in [0.1, 0.15) is 12.4 Å². The van der Waals surface area contributed by atoms with Crippen molar-refractivity contribution in [3.05, 3.63) is 60.7 Å². The van der Waals surface area contributed by atoms with E-state index in [4.69, 9.17) is 4.74 Å². The summed E-state index contributed by atoms with van der Waals surface area (Å²) >= 11 is 0. The van der Waals surface area contributed by atoms with Crippen molar-refractivity contribution in [2.75, 3.05) is 41.8 Å². The van der Waals surface area contributed by atoms with Crippen molar-refractivity contribution in [3.8, 4) is 5.75 Å². The van der Waals surface area contributed by atoms with Crippen molar-refractivity contribution in [3.63, 3.8) is 0 Å². The standard InChI is InChI=1S/C23H28N6O3/c30-22(31)15-19(17-4-3-7-24-16-17)28-18-5-6-20-21(14-18)32-13-12-29(20)11-2-1-8-25-23-26-9-10-27-23/h3-7,9-10,14,16,19,28H,1-2,8,11-13,15H2,(H,30,31)(H2,25,26,27). The minimum atomic E-state index is -0.867. The zero-order valence-electron chi connectivity index (χ0n) is 17.8. The maximum Gasteiger partial charge on any atom is 0.305 e. The molecule has 4 rings (SSSR count). The molecule has 4 N–H and O–H groups in total. The number of nitrogens with zero attached hydrogens (tertiary/aromatic N) is 3. The summed E-state index contributed by atoms with van der Waals surface area (Å²) in [5.74, 6) is 0.748. The highest BCUT2D eigenvalue weighted by Crippen LogP contribution is 2.35. The first-order valence-corrected chi connectivity index (χ1v) is 10.8. The number of fused-ring (bicyclic) bond motifs is 1. The number of carbonyl (C=O) groups is 1. The number of hydrogen-bond acceptors (Lipinski definition) is 7. The molecule has 2 aromatic heterocycles. The van der Waals surface area contributed by atoms with Crippen molar-refractivity contribution >= 4 is 23.3 Å². The van der Waals surface area contributed by atoms with Crippen LogP contribution in [-0.2, 0) is 4.79 Å². The molecule has 3 heterocycles. The molecule has 168 valence electrons. The summed E-state index contributed by atoms with van der Waals surface area (Å²) in [4.78, 5) is 25.0. The van der Waals surface area contributed by atoms with Gasteiger partial charge in [-0.15, -0.1) is 0 Å². The predicted molar refractivity (Wildman–Crippen MR) is 123 cm³/mol. The highest BCUT2D eigenvalue weighted by atomic mass is 16.5. The summed E-state index contributed by atoms with van der Waals surface area (Å²) in [5, 5.41) is 15.9. The van der Waals surface area contributed by atoms with Crippen LogP contribution >= 0.6 is 0 Å². The molecule has 9 nitrogen and oxygen atoms in total. The molecule has 0 saturated carbocycles. The van der Waals surface area contributed by atoms with E-state index in [0.29, 0.717) is 6.61 Å². The number of anilines is 3. The van der Waals surface area contributed by atoms with Crippen LogP contribution < -0.4 is 20.3 Å². The number of rotatable bonds is 11. The Morgan fingerprint density at radius 2 is 2.22 bits per heavy atom. The summed E-state index contributed by atoms with van der Waals surface area (Å²) in [7, 11) is 0. The van der Waals surface area contributed by atoms with Gasteiger partial charge in [0.2, 0.25) is 0 Å². The van der Waals surface area contributed by atoms with E-state index in [-0.39, 0.29) is 12.5 Å². The number of aliphatic carboxylic acids is 1. The molecule has 1 atom stereocenters. The average molecular weight is 437 g/mol. The fourth-order valence-electron chi connectivity index (χ4n) is 3.81. The van der Waals surface area contributed by atoms with Gasteiger partial charge in [-0.05, 0) is 36.6 Å². The molecule has 32 heavy (non-hydrogen) atoms. The third kappa shape index (κ3) is 5.69. The van der Waals surface area contributed by atoms with Gasteiger partial charge in [-0.25, -0.2) is 4.98 Å². The van der Waals surface area contributed by atoms with E-state index in [1.54, 1.807) is 24.8 Å². The lowest BCUT2D eigenvalue weighted by Gasteiger charge is -2.32. The van der Waals surface area contributed by atoms with Crippen LogP contribution in [0.4, 0.5) is 17.3 Å².